The number of methoxy groups -OCH3 is 1. The molecule has 23 heavy (non-hydrogen) atoms. The summed E-state index contributed by atoms with van der Waals surface area (Å²) >= 11 is 0. The number of carbonyl (C=O) groups excluding carboxylic acids is 2. The largest absolute Gasteiger partial charge is 0.469 e. The molecule has 4 atom stereocenters. The van der Waals surface area contributed by atoms with Crippen LogP contribution in [0.4, 0.5) is 0 Å². The van der Waals surface area contributed by atoms with Crippen molar-refractivity contribution in [1.29, 1.82) is 0 Å². The fourth-order valence-corrected chi connectivity index (χ4v) is 4.97. The van der Waals surface area contributed by atoms with Gasteiger partial charge in [0, 0.05) is 5.92 Å². The summed E-state index contributed by atoms with van der Waals surface area (Å²) in [6, 6.07) is 0. The first-order valence-corrected chi connectivity index (χ1v) is 11.3. The number of hydrogen-bond donors (Lipinski definition) is 0. The quantitative estimate of drug-likeness (QED) is 0.582. The molecular formula is C17H30O5Si. The monoisotopic (exact) mass is 342 g/mol. The van der Waals surface area contributed by atoms with Crippen molar-refractivity contribution in [2.75, 3.05) is 13.7 Å². The molecule has 0 radical (unpaired) electrons. The zero-order chi connectivity index (χ0) is 17.6. The highest BCUT2D eigenvalue weighted by Gasteiger charge is 2.60. The predicted molar refractivity (Wildman–Crippen MR) is 89.4 cm³/mol. The second-order valence-electron chi connectivity index (χ2n) is 8.64. The van der Waals surface area contributed by atoms with E-state index >= 15 is 0 Å². The third-order valence-electron chi connectivity index (χ3n) is 6.12. The smallest absolute Gasteiger partial charge is 0.312 e. The molecule has 2 rings (SSSR count). The minimum Gasteiger partial charge on any atom is -0.469 e. The van der Waals surface area contributed by atoms with Crippen LogP contribution in [-0.4, -0.2) is 40.1 Å². The number of carbonyl (C=O) groups is 2. The number of fused-ring (bicyclic) bond motifs is 1. The Labute approximate surface area is 140 Å². The number of ether oxygens (including phenoxy) is 2. The topological polar surface area (TPSA) is 61.8 Å². The highest BCUT2D eigenvalue weighted by Crippen LogP contribution is 2.51. The van der Waals surface area contributed by atoms with Gasteiger partial charge in [-0.1, -0.05) is 20.8 Å². The fourth-order valence-electron chi connectivity index (χ4n) is 3.57. The van der Waals surface area contributed by atoms with Crippen LogP contribution >= 0.6 is 0 Å². The predicted octanol–water partition coefficient (Wildman–Crippen LogP) is 3.14. The van der Waals surface area contributed by atoms with Crippen LogP contribution in [0.15, 0.2) is 0 Å². The lowest BCUT2D eigenvalue weighted by atomic mass is 9.62. The van der Waals surface area contributed by atoms with E-state index in [-0.39, 0.29) is 29.0 Å². The first kappa shape index (κ1) is 18.5. The van der Waals surface area contributed by atoms with Gasteiger partial charge in [0.15, 0.2) is 8.32 Å². The van der Waals surface area contributed by atoms with Crippen LogP contribution in [0.25, 0.3) is 0 Å². The Bertz CT molecular complexity index is 496. The average Bonchev–Trinajstić information content (AvgIpc) is 2.83. The van der Waals surface area contributed by atoms with E-state index in [1.54, 1.807) is 0 Å². The molecule has 1 heterocycles. The molecule has 1 saturated carbocycles. The van der Waals surface area contributed by atoms with Crippen LogP contribution in [0.1, 0.15) is 40.5 Å². The van der Waals surface area contributed by atoms with Crippen LogP contribution in [0, 0.1) is 17.3 Å². The molecule has 0 amide bonds. The summed E-state index contributed by atoms with van der Waals surface area (Å²) in [6.07, 6.45) is 1.33. The normalized spacial score (nSPS) is 34.7. The highest BCUT2D eigenvalue weighted by molar-refractivity contribution is 6.74. The molecule has 0 aromatic carbocycles. The molecule has 0 unspecified atom stereocenters. The lowest BCUT2D eigenvalue weighted by molar-refractivity contribution is -0.166. The molecule has 132 valence electrons. The molecular weight excluding hydrogens is 312 g/mol. The van der Waals surface area contributed by atoms with Crippen LogP contribution in [-0.2, 0) is 23.5 Å². The van der Waals surface area contributed by atoms with E-state index in [4.69, 9.17) is 13.9 Å². The van der Waals surface area contributed by atoms with Crippen molar-refractivity contribution in [3.63, 3.8) is 0 Å². The second kappa shape index (κ2) is 5.88. The molecule has 6 heteroatoms. The Morgan fingerprint density at radius 3 is 2.48 bits per heavy atom. The average molecular weight is 343 g/mol. The molecule has 2 aliphatic rings. The van der Waals surface area contributed by atoms with Gasteiger partial charge >= 0.3 is 11.9 Å². The Kier molecular flexibility index (Phi) is 4.72. The van der Waals surface area contributed by atoms with Gasteiger partial charge in [-0.15, -0.1) is 0 Å². The van der Waals surface area contributed by atoms with E-state index in [0.29, 0.717) is 13.0 Å². The van der Waals surface area contributed by atoms with Gasteiger partial charge in [0.25, 0.3) is 0 Å². The molecule has 2 fully saturated rings. The molecule has 1 aliphatic carbocycles. The first-order valence-electron chi connectivity index (χ1n) is 8.37. The third-order valence-corrected chi connectivity index (χ3v) is 10.6. The summed E-state index contributed by atoms with van der Waals surface area (Å²) in [6.45, 7) is 13.2. The van der Waals surface area contributed by atoms with E-state index < -0.39 is 19.7 Å². The maximum atomic E-state index is 12.3. The summed E-state index contributed by atoms with van der Waals surface area (Å²) < 4.78 is 16.8. The number of rotatable bonds is 3. The zero-order valence-corrected chi connectivity index (χ0v) is 16.4. The fraction of sp³-hybridized carbons (Fsp3) is 0.882. The van der Waals surface area contributed by atoms with E-state index in [0.717, 1.165) is 6.42 Å². The number of cyclic esters (lactones) is 1. The number of esters is 2. The second-order valence-corrected chi connectivity index (χ2v) is 13.4. The van der Waals surface area contributed by atoms with Crippen molar-refractivity contribution in [3.05, 3.63) is 0 Å². The van der Waals surface area contributed by atoms with Crippen molar-refractivity contribution in [2.45, 2.75) is 64.8 Å². The zero-order valence-electron chi connectivity index (χ0n) is 15.4. The maximum Gasteiger partial charge on any atom is 0.312 e. The molecule has 5 nitrogen and oxygen atoms in total. The van der Waals surface area contributed by atoms with Crippen LogP contribution in [0.2, 0.25) is 18.1 Å². The van der Waals surface area contributed by atoms with Crippen molar-refractivity contribution in [2.24, 2.45) is 17.3 Å². The summed E-state index contributed by atoms with van der Waals surface area (Å²) in [4.78, 5) is 24.5. The lowest BCUT2D eigenvalue weighted by Gasteiger charge is -2.46. The minimum absolute atomic E-state index is 0.0231. The Hall–Kier alpha value is -0.883. The molecule has 1 saturated heterocycles. The molecule has 0 N–H and O–H groups in total. The number of hydrogen-bond acceptors (Lipinski definition) is 5. The lowest BCUT2D eigenvalue weighted by Crippen LogP contribution is -2.54. The van der Waals surface area contributed by atoms with Crippen LogP contribution < -0.4 is 0 Å². The molecule has 0 spiro atoms. The van der Waals surface area contributed by atoms with Crippen molar-refractivity contribution in [3.8, 4) is 0 Å². The van der Waals surface area contributed by atoms with Gasteiger partial charge in [0.1, 0.15) is 0 Å². The molecule has 1 aliphatic heterocycles. The molecule has 0 aromatic heterocycles. The van der Waals surface area contributed by atoms with E-state index in [1.165, 1.54) is 7.11 Å². The Balaban J connectivity index is 2.26. The van der Waals surface area contributed by atoms with Crippen molar-refractivity contribution in [1.82, 2.24) is 0 Å². The maximum absolute atomic E-state index is 12.3. The van der Waals surface area contributed by atoms with Gasteiger partial charge in [-0.3, -0.25) is 9.59 Å². The minimum atomic E-state index is -1.94. The van der Waals surface area contributed by atoms with Gasteiger partial charge in [-0.2, -0.15) is 0 Å². The summed E-state index contributed by atoms with van der Waals surface area (Å²) in [5.74, 6) is -1.13. The summed E-state index contributed by atoms with van der Waals surface area (Å²) in [5, 5.41) is 0.106. The van der Waals surface area contributed by atoms with E-state index in [9.17, 15) is 9.59 Å². The van der Waals surface area contributed by atoms with Crippen LogP contribution in [0.3, 0.4) is 0 Å². The SMILES string of the molecule is COC(=O)[C@]1(C)CC[C@H](O[Si](C)(C)C(C)(C)C)[C@H]2COC(=O)[C@H]21. The Morgan fingerprint density at radius 1 is 1.35 bits per heavy atom. The third kappa shape index (κ3) is 3.07. The molecule has 0 aromatic rings. The van der Waals surface area contributed by atoms with Gasteiger partial charge in [0.05, 0.1) is 31.2 Å². The van der Waals surface area contributed by atoms with Crippen LogP contribution in [0.5, 0.6) is 0 Å². The van der Waals surface area contributed by atoms with E-state index in [1.807, 2.05) is 6.92 Å². The van der Waals surface area contributed by atoms with Crippen molar-refractivity contribution < 1.29 is 23.5 Å². The first-order chi connectivity index (χ1) is 10.4. The summed E-state index contributed by atoms with van der Waals surface area (Å²) in [5.41, 5.74) is -0.805. The molecule has 0 bridgehead atoms. The van der Waals surface area contributed by atoms with Gasteiger partial charge < -0.3 is 13.9 Å². The Morgan fingerprint density at radius 2 is 1.96 bits per heavy atom. The van der Waals surface area contributed by atoms with E-state index in [2.05, 4.69) is 33.9 Å². The summed E-state index contributed by atoms with van der Waals surface area (Å²) in [7, 11) is -0.563. The highest BCUT2D eigenvalue weighted by atomic mass is 28.4. The van der Waals surface area contributed by atoms with Crippen molar-refractivity contribution >= 4 is 20.3 Å². The van der Waals surface area contributed by atoms with Gasteiger partial charge in [-0.25, -0.2) is 0 Å². The van der Waals surface area contributed by atoms with Gasteiger partial charge in [-0.05, 0) is 37.9 Å². The standard InChI is InChI=1S/C17H30O5Si/c1-16(2,3)23(6,7)22-12-8-9-17(4,15(19)20-5)13-11(12)10-21-14(13)18/h11-13H,8-10H2,1-7H3/t11-,12+,13+,17-/m1/s1. The van der Waals surface area contributed by atoms with Gasteiger partial charge in [0.2, 0.25) is 0 Å².